The number of nitrogens with zero attached hydrogens (tertiary/aromatic N) is 1. The van der Waals surface area contributed by atoms with Crippen molar-refractivity contribution in [1.29, 1.82) is 0 Å². The second-order valence-corrected chi connectivity index (χ2v) is 5.43. The minimum Gasteiger partial charge on any atom is -0.315 e. The molecule has 1 saturated heterocycles. The van der Waals surface area contributed by atoms with Crippen molar-refractivity contribution in [2.75, 3.05) is 39.3 Å². The molecule has 96 valence electrons. The molecule has 0 aromatic heterocycles. The molecule has 0 aromatic rings. The zero-order valence-electron chi connectivity index (χ0n) is 11.3. The van der Waals surface area contributed by atoms with Crippen molar-refractivity contribution < 1.29 is 0 Å². The van der Waals surface area contributed by atoms with Gasteiger partial charge in [0.25, 0.3) is 0 Å². The molecule has 1 aliphatic heterocycles. The highest BCUT2D eigenvalue weighted by molar-refractivity contribution is 4.86. The maximum absolute atomic E-state index is 3.60. The molecule has 0 bridgehead atoms. The van der Waals surface area contributed by atoms with Gasteiger partial charge in [0.15, 0.2) is 0 Å². The minimum atomic E-state index is 0.300. The second kappa shape index (κ2) is 7.25. The Morgan fingerprint density at radius 2 is 1.88 bits per heavy atom. The number of unbranched alkanes of at least 4 members (excludes halogenated alkanes) is 2. The van der Waals surface area contributed by atoms with Gasteiger partial charge >= 0.3 is 0 Å². The maximum atomic E-state index is 3.60. The molecule has 2 N–H and O–H groups in total. The van der Waals surface area contributed by atoms with E-state index in [1.807, 2.05) is 0 Å². The Balaban J connectivity index is 2.16. The van der Waals surface area contributed by atoms with E-state index in [9.17, 15) is 0 Å². The van der Waals surface area contributed by atoms with Crippen LogP contribution in [0.15, 0.2) is 0 Å². The fraction of sp³-hybridized carbons (Fsp3) is 1.00. The van der Waals surface area contributed by atoms with Crippen molar-refractivity contribution in [2.45, 2.75) is 45.6 Å². The molecule has 1 aliphatic rings. The van der Waals surface area contributed by atoms with Crippen molar-refractivity contribution in [3.63, 3.8) is 0 Å². The van der Waals surface area contributed by atoms with E-state index in [4.69, 9.17) is 0 Å². The summed E-state index contributed by atoms with van der Waals surface area (Å²) in [6, 6.07) is 0. The van der Waals surface area contributed by atoms with E-state index < -0.39 is 0 Å². The summed E-state index contributed by atoms with van der Waals surface area (Å²) in [4.78, 5) is 2.59. The van der Waals surface area contributed by atoms with Crippen LogP contribution in [0, 0.1) is 0 Å². The van der Waals surface area contributed by atoms with Crippen molar-refractivity contribution in [1.82, 2.24) is 15.5 Å². The van der Waals surface area contributed by atoms with Crippen molar-refractivity contribution in [2.24, 2.45) is 0 Å². The van der Waals surface area contributed by atoms with Crippen LogP contribution < -0.4 is 10.6 Å². The topological polar surface area (TPSA) is 27.3 Å². The van der Waals surface area contributed by atoms with Gasteiger partial charge in [-0.05, 0) is 26.8 Å². The lowest BCUT2D eigenvalue weighted by atomic mass is 10.0. The van der Waals surface area contributed by atoms with Crippen LogP contribution >= 0.6 is 0 Å². The monoisotopic (exact) mass is 227 g/mol. The van der Waals surface area contributed by atoms with Crippen molar-refractivity contribution in [3.05, 3.63) is 0 Å². The molecule has 3 heteroatoms. The Labute approximate surface area is 101 Å². The highest BCUT2D eigenvalue weighted by atomic mass is 15.2. The van der Waals surface area contributed by atoms with Crippen LogP contribution in [0.25, 0.3) is 0 Å². The van der Waals surface area contributed by atoms with Crippen LogP contribution in [0.4, 0.5) is 0 Å². The van der Waals surface area contributed by atoms with Gasteiger partial charge in [-0.2, -0.15) is 0 Å². The predicted octanol–water partition coefficient (Wildman–Crippen LogP) is 1.45. The third kappa shape index (κ3) is 4.81. The quantitative estimate of drug-likeness (QED) is 0.645. The molecule has 0 radical (unpaired) electrons. The molecule has 0 spiro atoms. The number of hydrogen-bond acceptors (Lipinski definition) is 3. The van der Waals surface area contributed by atoms with E-state index in [2.05, 4.69) is 36.3 Å². The van der Waals surface area contributed by atoms with E-state index >= 15 is 0 Å². The van der Waals surface area contributed by atoms with Gasteiger partial charge in [-0.3, -0.25) is 4.90 Å². The van der Waals surface area contributed by atoms with Crippen molar-refractivity contribution >= 4 is 0 Å². The third-order valence-electron chi connectivity index (χ3n) is 3.49. The average Bonchev–Trinajstić information content (AvgIpc) is 2.30. The van der Waals surface area contributed by atoms with Crippen LogP contribution in [0.1, 0.15) is 40.0 Å². The molecular weight excluding hydrogens is 198 g/mol. The number of rotatable bonds is 7. The van der Waals surface area contributed by atoms with Crippen LogP contribution in [0.3, 0.4) is 0 Å². The van der Waals surface area contributed by atoms with Crippen LogP contribution in [-0.2, 0) is 0 Å². The molecule has 1 rings (SSSR count). The minimum absolute atomic E-state index is 0.300. The van der Waals surface area contributed by atoms with Gasteiger partial charge in [-0.15, -0.1) is 0 Å². The molecule has 16 heavy (non-hydrogen) atoms. The first-order chi connectivity index (χ1) is 7.67. The SMILES string of the molecule is CCCCCNCC(C)(C)N1CCNCC1. The number of piperazine rings is 1. The Kier molecular flexibility index (Phi) is 6.32. The first kappa shape index (κ1) is 13.9. The first-order valence-electron chi connectivity index (χ1n) is 6.83. The van der Waals surface area contributed by atoms with Gasteiger partial charge in [-0.1, -0.05) is 19.8 Å². The maximum Gasteiger partial charge on any atom is 0.0278 e. The van der Waals surface area contributed by atoms with Gasteiger partial charge in [0.2, 0.25) is 0 Å². The molecule has 0 atom stereocenters. The standard InChI is InChI=1S/C13H29N3/c1-4-5-6-7-15-12-13(2,3)16-10-8-14-9-11-16/h14-15H,4-12H2,1-3H3. The molecule has 0 saturated carbocycles. The molecule has 0 aliphatic carbocycles. The summed E-state index contributed by atoms with van der Waals surface area (Å²) in [5.41, 5.74) is 0.300. The summed E-state index contributed by atoms with van der Waals surface area (Å²) < 4.78 is 0. The van der Waals surface area contributed by atoms with Crippen molar-refractivity contribution in [3.8, 4) is 0 Å². The third-order valence-corrected chi connectivity index (χ3v) is 3.49. The van der Waals surface area contributed by atoms with Gasteiger partial charge in [0.1, 0.15) is 0 Å². The summed E-state index contributed by atoms with van der Waals surface area (Å²) in [7, 11) is 0. The molecular formula is C13H29N3. The normalized spacial score (nSPS) is 18.9. The summed E-state index contributed by atoms with van der Waals surface area (Å²) >= 11 is 0. The number of hydrogen-bond donors (Lipinski definition) is 2. The van der Waals surface area contributed by atoms with Crippen LogP contribution in [0.2, 0.25) is 0 Å². The van der Waals surface area contributed by atoms with E-state index in [-0.39, 0.29) is 0 Å². The van der Waals surface area contributed by atoms with Gasteiger partial charge in [0, 0.05) is 38.3 Å². The van der Waals surface area contributed by atoms with Gasteiger partial charge in [-0.25, -0.2) is 0 Å². The van der Waals surface area contributed by atoms with Gasteiger partial charge in [0.05, 0.1) is 0 Å². The Bertz CT molecular complexity index is 174. The first-order valence-corrected chi connectivity index (χ1v) is 6.83. The lowest BCUT2D eigenvalue weighted by Gasteiger charge is -2.41. The highest BCUT2D eigenvalue weighted by Gasteiger charge is 2.26. The Hall–Kier alpha value is -0.120. The lowest BCUT2D eigenvalue weighted by molar-refractivity contribution is 0.102. The van der Waals surface area contributed by atoms with Crippen LogP contribution in [-0.4, -0.2) is 49.7 Å². The molecule has 0 unspecified atom stereocenters. The zero-order chi connectivity index (χ0) is 11.9. The van der Waals surface area contributed by atoms with Crippen LogP contribution in [0.5, 0.6) is 0 Å². The summed E-state index contributed by atoms with van der Waals surface area (Å²) in [6.45, 7) is 13.9. The molecule has 1 heterocycles. The van der Waals surface area contributed by atoms with E-state index in [0.717, 1.165) is 19.6 Å². The fourth-order valence-corrected chi connectivity index (χ4v) is 2.28. The van der Waals surface area contributed by atoms with E-state index in [0.29, 0.717) is 5.54 Å². The fourth-order valence-electron chi connectivity index (χ4n) is 2.28. The molecule has 0 amide bonds. The smallest absolute Gasteiger partial charge is 0.0278 e. The largest absolute Gasteiger partial charge is 0.315 e. The Morgan fingerprint density at radius 1 is 1.19 bits per heavy atom. The Morgan fingerprint density at radius 3 is 2.50 bits per heavy atom. The van der Waals surface area contributed by atoms with Gasteiger partial charge < -0.3 is 10.6 Å². The highest BCUT2D eigenvalue weighted by Crippen LogP contribution is 2.13. The number of nitrogens with one attached hydrogen (secondary N) is 2. The zero-order valence-corrected chi connectivity index (χ0v) is 11.3. The summed E-state index contributed by atoms with van der Waals surface area (Å²) in [5.74, 6) is 0. The molecule has 3 nitrogen and oxygen atoms in total. The van der Waals surface area contributed by atoms with E-state index in [1.165, 1.54) is 38.9 Å². The molecule has 1 fully saturated rings. The van der Waals surface area contributed by atoms with E-state index in [1.54, 1.807) is 0 Å². The average molecular weight is 227 g/mol. The summed E-state index contributed by atoms with van der Waals surface area (Å²) in [6.07, 6.45) is 3.97. The lowest BCUT2D eigenvalue weighted by Crippen LogP contribution is -2.57. The predicted molar refractivity (Wildman–Crippen MR) is 70.9 cm³/mol. The summed E-state index contributed by atoms with van der Waals surface area (Å²) in [5, 5.41) is 7.00. The molecule has 0 aromatic carbocycles. The second-order valence-electron chi connectivity index (χ2n) is 5.43.